The number of halogens is 1. The molecule has 5 heteroatoms. The molecule has 0 aliphatic carbocycles. The highest BCUT2D eigenvalue weighted by Gasteiger charge is 2.00. The highest BCUT2D eigenvalue weighted by molar-refractivity contribution is 9.10. The Morgan fingerprint density at radius 3 is 2.55 bits per heavy atom. The highest BCUT2D eigenvalue weighted by Crippen LogP contribution is 2.09. The monoisotopic (exact) mass is 332 g/mol. The van der Waals surface area contributed by atoms with Gasteiger partial charge in [-0.25, -0.2) is 5.43 Å². The number of hydrogen-bond donors (Lipinski definition) is 1. The van der Waals surface area contributed by atoms with E-state index in [2.05, 4.69) is 26.5 Å². The summed E-state index contributed by atoms with van der Waals surface area (Å²) < 4.78 is 6.29. The first-order chi connectivity index (χ1) is 9.74. The second-order valence-corrected chi connectivity index (χ2v) is 4.86. The average Bonchev–Trinajstić information content (AvgIpc) is 2.48. The molecular formula is C15H13BrN2O2. The Bertz CT molecular complexity index is 583. The zero-order valence-corrected chi connectivity index (χ0v) is 12.2. The summed E-state index contributed by atoms with van der Waals surface area (Å²) in [7, 11) is 0. The van der Waals surface area contributed by atoms with Crippen molar-refractivity contribution in [3.05, 3.63) is 64.6 Å². The molecule has 0 saturated carbocycles. The molecule has 20 heavy (non-hydrogen) atoms. The Kier molecular flexibility index (Phi) is 5.32. The number of ether oxygens (including phenoxy) is 1. The van der Waals surface area contributed by atoms with Crippen LogP contribution < -0.4 is 10.2 Å². The maximum atomic E-state index is 11.5. The minimum atomic E-state index is -0.304. The lowest BCUT2D eigenvalue weighted by molar-refractivity contribution is -0.123. The number of nitrogens with one attached hydrogen (secondary N) is 1. The summed E-state index contributed by atoms with van der Waals surface area (Å²) in [6, 6.07) is 16.7. The number of hydrogen-bond acceptors (Lipinski definition) is 3. The van der Waals surface area contributed by atoms with E-state index in [9.17, 15) is 4.79 Å². The zero-order valence-electron chi connectivity index (χ0n) is 10.6. The zero-order chi connectivity index (χ0) is 14.2. The number of carbonyl (C=O) groups is 1. The lowest BCUT2D eigenvalue weighted by atomic mass is 10.2. The van der Waals surface area contributed by atoms with E-state index in [1.807, 2.05) is 42.5 Å². The van der Waals surface area contributed by atoms with Gasteiger partial charge >= 0.3 is 0 Å². The molecule has 1 N–H and O–H groups in total. The topological polar surface area (TPSA) is 50.7 Å². The van der Waals surface area contributed by atoms with E-state index in [0.717, 1.165) is 10.0 Å². The molecule has 102 valence electrons. The predicted molar refractivity (Wildman–Crippen MR) is 81.8 cm³/mol. The van der Waals surface area contributed by atoms with Crippen molar-refractivity contribution >= 4 is 28.1 Å². The lowest BCUT2D eigenvalue weighted by Crippen LogP contribution is -2.24. The molecule has 2 aromatic carbocycles. The molecule has 0 unspecified atom stereocenters. The van der Waals surface area contributed by atoms with E-state index in [1.54, 1.807) is 18.3 Å². The van der Waals surface area contributed by atoms with Gasteiger partial charge < -0.3 is 4.74 Å². The van der Waals surface area contributed by atoms with Crippen LogP contribution in [0.25, 0.3) is 0 Å². The standard InChI is InChI=1S/C15H13BrN2O2/c16-13-8-6-12(7-9-13)10-17-18-15(19)11-20-14-4-2-1-3-5-14/h1-10H,11H2,(H,18,19)/b17-10-. The molecule has 1 amide bonds. The molecule has 2 aromatic rings. The van der Waals surface area contributed by atoms with Crippen molar-refractivity contribution in [1.29, 1.82) is 0 Å². The molecule has 0 aromatic heterocycles. The molecule has 2 rings (SSSR count). The van der Waals surface area contributed by atoms with Gasteiger partial charge in [-0.1, -0.05) is 46.3 Å². The van der Waals surface area contributed by atoms with E-state index >= 15 is 0 Å². The van der Waals surface area contributed by atoms with E-state index in [1.165, 1.54) is 0 Å². The SMILES string of the molecule is O=C(COc1ccccc1)N/N=C\c1ccc(Br)cc1. The molecule has 0 aliphatic rings. The summed E-state index contributed by atoms with van der Waals surface area (Å²) in [5.74, 6) is 0.349. The number of carbonyl (C=O) groups excluding carboxylic acids is 1. The van der Waals surface area contributed by atoms with Crippen LogP contribution in [-0.4, -0.2) is 18.7 Å². The Morgan fingerprint density at radius 1 is 1.15 bits per heavy atom. The van der Waals surface area contributed by atoms with E-state index < -0.39 is 0 Å². The summed E-state index contributed by atoms with van der Waals surface area (Å²) in [5, 5.41) is 3.86. The van der Waals surface area contributed by atoms with Crippen LogP contribution in [-0.2, 0) is 4.79 Å². The average molecular weight is 333 g/mol. The summed E-state index contributed by atoms with van der Waals surface area (Å²) in [6.45, 7) is -0.0678. The molecule has 4 nitrogen and oxygen atoms in total. The molecule has 0 radical (unpaired) electrons. The van der Waals surface area contributed by atoms with Crippen LogP contribution in [0, 0.1) is 0 Å². The second-order valence-electron chi connectivity index (χ2n) is 3.95. The van der Waals surface area contributed by atoms with Gasteiger partial charge in [0.2, 0.25) is 0 Å². The van der Waals surface area contributed by atoms with Crippen LogP contribution in [0.1, 0.15) is 5.56 Å². The second kappa shape index (κ2) is 7.45. The third kappa shape index (κ3) is 4.85. The van der Waals surface area contributed by atoms with E-state index in [-0.39, 0.29) is 12.5 Å². The summed E-state index contributed by atoms with van der Waals surface area (Å²) in [6.07, 6.45) is 1.58. The first kappa shape index (κ1) is 14.3. The number of para-hydroxylation sites is 1. The van der Waals surface area contributed by atoms with Gasteiger partial charge in [0, 0.05) is 4.47 Å². The van der Waals surface area contributed by atoms with Gasteiger partial charge in [-0.3, -0.25) is 4.79 Å². The summed E-state index contributed by atoms with van der Waals surface area (Å²) in [5.41, 5.74) is 3.31. The van der Waals surface area contributed by atoms with Crippen molar-refractivity contribution in [2.45, 2.75) is 0 Å². The Morgan fingerprint density at radius 2 is 1.85 bits per heavy atom. The van der Waals surface area contributed by atoms with E-state index in [4.69, 9.17) is 4.74 Å². The molecule has 0 saturated heterocycles. The van der Waals surface area contributed by atoms with Crippen LogP contribution in [0.2, 0.25) is 0 Å². The largest absolute Gasteiger partial charge is 0.484 e. The van der Waals surface area contributed by atoms with Gasteiger partial charge in [0.15, 0.2) is 6.61 Å². The number of nitrogens with zero attached hydrogens (tertiary/aromatic N) is 1. The predicted octanol–water partition coefficient (Wildman–Crippen LogP) is 2.98. The van der Waals surface area contributed by atoms with Crippen LogP contribution in [0.3, 0.4) is 0 Å². The molecule has 0 heterocycles. The Labute approximate surface area is 125 Å². The van der Waals surface area contributed by atoms with Crippen molar-refractivity contribution in [3.8, 4) is 5.75 Å². The normalized spacial score (nSPS) is 10.4. The van der Waals surface area contributed by atoms with Crippen LogP contribution in [0.15, 0.2) is 64.2 Å². The maximum absolute atomic E-state index is 11.5. The summed E-state index contributed by atoms with van der Waals surface area (Å²) >= 11 is 3.35. The smallest absolute Gasteiger partial charge is 0.277 e. The van der Waals surface area contributed by atoms with Gasteiger partial charge in [-0.05, 0) is 29.8 Å². The van der Waals surface area contributed by atoms with Gasteiger partial charge in [-0.15, -0.1) is 0 Å². The minimum absolute atomic E-state index is 0.0678. The first-order valence-corrected chi connectivity index (χ1v) is 6.78. The van der Waals surface area contributed by atoms with Gasteiger partial charge in [-0.2, -0.15) is 5.10 Å². The Balaban J connectivity index is 1.76. The molecule has 0 fully saturated rings. The lowest BCUT2D eigenvalue weighted by Gasteiger charge is -2.04. The number of hydrazone groups is 1. The van der Waals surface area contributed by atoms with Crippen molar-refractivity contribution in [1.82, 2.24) is 5.43 Å². The number of amides is 1. The first-order valence-electron chi connectivity index (χ1n) is 5.99. The quantitative estimate of drug-likeness (QED) is 0.676. The number of rotatable bonds is 5. The van der Waals surface area contributed by atoms with Crippen LogP contribution in [0.5, 0.6) is 5.75 Å². The third-order valence-corrected chi connectivity index (χ3v) is 2.91. The minimum Gasteiger partial charge on any atom is -0.484 e. The molecule has 0 atom stereocenters. The third-order valence-electron chi connectivity index (χ3n) is 2.39. The van der Waals surface area contributed by atoms with Gasteiger partial charge in [0.1, 0.15) is 5.75 Å². The fraction of sp³-hybridized carbons (Fsp3) is 0.0667. The van der Waals surface area contributed by atoms with Crippen molar-refractivity contribution in [2.75, 3.05) is 6.61 Å². The Hall–Kier alpha value is -2.14. The molecule has 0 spiro atoms. The van der Waals surface area contributed by atoms with Crippen LogP contribution >= 0.6 is 15.9 Å². The maximum Gasteiger partial charge on any atom is 0.277 e. The number of benzene rings is 2. The fourth-order valence-corrected chi connectivity index (χ4v) is 1.69. The van der Waals surface area contributed by atoms with Gasteiger partial charge in [0.25, 0.3) is 5.91 Å². The van der Waals surface area contributed by atoms with E-state index in [0.29, 0.717) is 5.75 Å². The van der Waals surface area contributed by atoms with Gasteiger partial charge in [0.05, 0.1) is 6.21 Å². The molecule has 0 bridgehead atoms. The molecular weight excluding hydrogens is 320 g/mol. The van der Waals surface area contributed by atoms with Crippen molar-refractivity contribution in [2.24, 2.45) is 5.10 Å². The fourth-order valence-electron chi connectivity index (χ4n) is 1.43. The van der Waals surface area contributed by atoms with Crippen molar-refractivity contribution < 1.29 is 9.53 Å². The summed E-state index contributed by atoms with van der Waals surface area (Å²) in [4.78, 5) is 11.5. The molecule has 0 aliphatic heterocycles. The van der Waals surface area contributed by atoms with Crippen molar-refractivity contribution in [3.63, 3.8) is 0 Å². The van der Waals surface area contributed by atoms with Crippen LogP contribution in [0.4, 0.5) is 0 Å². The highest BCUT2D eigenvalue weighted by atomic mass is 79.9.